The van der Waals surface area contributed by atoms with Gasteiger partial charge in [0.15, 0.2) is 5.82 Å². The molecule has 0 unspecified atom stereocenters. The van der Waals surface area contributed by atoms with E-state index in [1.807, 2.05) is 6.07 Å². The number of aryl methyl sites for hydroxylation is 1. The van der Waals surface area contributed by atoms with E-state index in [9.17, 15) is 0 Å². The van der Waals surface area contributed by atoms with Crippen molar-refractivity contribution in [2.24, 2.45) is 7.05 Å². The van der Waals surface area contributed by atoms with E-state index in [0.29, 0.717) is 0 Å². The van der Waals surface area contributed by atoms with Gasteiger partial charge < -0.3 is 9.55 Å². The molecule has 0 radical (unpaired) electrons. The molecule has 3 heterocycles. The lowest BCUT2D eigenvalue weighted by Gasteiger charge is -2.00. The highest BCUT2D eigenvalue weighted by Gasteiger charge is 2.11. The summed E-state index contributed by atoms with van der Waals surface area (Å²) in [6, 6.07) is 12.4. The van der Waals surface area contributed by atoms with Gasteiger partial charge in [0.1, 0.15) is 0 Å². The van der Waals surface area contributed by atoms with E-state index in [2.05, 4.69) is 56.9 Å². The summed E-state index contributed by atoms with van der Waals surface area (Å²) in [5, 5.41) is 1.22. The molecule has 1 aromatic carbocycles. The van der Waals surface area contributed by atoms with Crippen LogP contribution in [0.2, 0.25) is 0 Å². The fourth-order valence-corrected chi connectivity index (χ4v) is 2.49. The Morgan fingerprint density at radius 1 is 1.16 bits per heavy atom. The predicted octanol–water partition coefficient (Wildman–Crippen LogP) is 3.12. The summed E-state index contributed by atoms with van der Waals surface area (Å²) in [6.07, 6.45) is 3.56. The minimum atomic E-state index is 0.877. The number of nitrogens with zero attached hydrogens (tertiary/aromatic N) is 3. The summed E-state index contributed by atoms with van der Waals surface area (Å²) in [5.74, 6) is 0.877. The number of hydrogen-bond donors (Lipinski definition) is 1. The number of benzene rings is 1. The number of nitrogens with one attached hydrogen (secondary N) is 1. The van der Waals surface area contributed by atoms with E-state index >= 15 is 0 Å². The van der Waals surface area contributed by atoms with Crippen LogP contribution in [0.4, 0.5) is 0 Å². The van der Waals surface area contributed by atoms with Crippen LogP contribution in [0.1, 0.15) is 0 Å². The van der Waals surface area contributed by atoms with Crippen molar-refractivity contribution < 1.29 is 0 Å². The quantitative estimate of drug-likeness (QED) is 0.562. The maximum atomic E-state index is 4.62. The Labute approximate surface area is 109 Å². The van der Waals surface area contributed by atoms with Crippen LogP contribution >= 0.6 is 0 Å². The summed E-state index contributed by atoms with van der Waals surface area (Å²) in [6.45, 7) is 0. The van der Waals surface area contributed by atoms with Crippen LogP contribution < -0.4 is 0 Å². The van der Waals surface area contributed by atoms with Gasteiger partial charge in [0, 0.05) is 24.1 Å². The Hall–Kier alpha value is -2.62. The van der Waals surface area contributed by atoms with Crippen LogP contribution in [0.25, 0.3) is 33.5 Å². The van der Waals surface area contributed by atoms with Gasteiger partial charge in [0.05, 0.1) is 22.9 Å². The number of aromatic amines is 1. The van der Waals surface area contributed by atoms with E-state index < -0.39 is 0 Å². The van der Waals surface area contributed by atoms with Crippen molar-refractivity contribution in [3.8, 4) is 11.5 Å². The first kappa shape index (κ1) is 10.3. The number of aromatic nitrogens is 4. The van der Waals surface area contributed by atoms with Gasteiger partial charge in [-0.1, -0.05) is 18.2 Å². The summed E-state index contributed by atoms with van der Waals surface area (Å²) < 4.78 is 2.15. The molecule has 4 aromatic rings. The third-order valence-corrected chi connectivity index (χ3v) is 3.48. The number of hydrogen-bond acceptors (Lipinski definition) is 2. The zero-order chi connectivity index (χ0) is 12.8. The smallest absolute Gasteiger partial charge is 0.155 e. The molecule has 0 saturated carbocycles. The maximum Gasteiger partial charge on any atom is 0.155 e. The van der Waals surface area contributed by atoms with Gasteiger partial charge in [-0.15, -0.1) is 0 Å². The second-order valence-electron chi connectivity index (χ2n) is 4.63. The Morgan fingerprint density at radius 3 is 2.89 bits per heavy atom. The number of pyridine rings is 1. The zero-order valence-corrected chi connectivity index (χ0v) is 10.5. The molecule has 0 aliphatic carbocycles. The molecule has 0 atom stereocenters. The first-order chi connectivity index (χ1) is 9.33. The van der Waals surface area contributed by atoms with Crippen molar-refractivity contribution in [2.75, 3.05) is 0 Å². The molecule has 92 valence electrons. The number of H-pyrrole nitrogens is 1. The molecule has 4 rings (SSSR count). The van der Waals surface area contributed by atoms with Crippen molar-refractivity contribution >= 4 is 21.9 Å². The van der Waals surface area contributed by atoms with Crippen LogP contribution in [-0.4, -0.2) is 19.5 Å². The van der Waals surface area contributed by atoms with E-state index in [1.165, 1.54) is 10.9 Å². The van der Waals surface area contributed by atoms with Crippen molar-refractivity contribution in [3.05, 3.63) is 48.8 Å². The average Bonchev–Trinajstić information content (AvgIpc) is 3.00. The summed E-state index contributed by atoms with van der Waals surface area (Å²) in [5.41, 5.74) is 4.19. The highest BCUT2D eigenvalue weighted by Crippen LogP contribution is 2.26. The predicted molar refractivity (Wildman–Crippen MR) is 75.8 cm³/mol. The largest absolute Gasteiger partial charge is 0.341 e. The molecule has 0 spiro atoms. The molecule has 4 nitrogen and oxygen atoms in total. The molecule has 0 aliphatic rings. The highest BCUT2D eigenvalue weighted by molar-refractivity contribution is 5.87. The van der Waals surface area contributed by atoms with E-state index in [1.54, 1.807) is 12.4 Å². The third kappa shape index (κ3) is 1.46. The molecule has 0 amide bonds. The SMILES string of the molecule is Cn1c(-c2nc3ccncc3[nH]2)cc2ccccc21. The van der Waals surface area contributed by atoms with Crippen LogP contribution in [0.3, 0.4) is 0 Å². The van der Waals surface area contributed by atoms with Crippen LogP contribution in [0.15, 0.2) is 48.8 Å². The molecule has 0 aliphatic heterocycles. The maximum absolute atomic E-state index is 4.62. The Kier molecular flexibility index (Phi) is 2.00. The molecule has 1 N–H and O–H groups in total. The molecule has 19 heavy (non-hydrogen) atoms. The van der Waals surface area contributed by atoms with Gasteiger partial charge in [-0.25, -0.2) is 4.98 Å². The Morgan fingerprint density at radius 2 is 2.05 bits per heavy atom. The van der Waals surface area contributed by atoms with E-state index in [-0.39, 0.29) is 0 Å². The van der Waals surface area contributed by atoms with Gasteiger partial charge in [-0.3, -0.25) is 4.98 Å². The number of para-hydroxylation sites is 1. The van der Waals surface area contributed by atoms with Crippen molar-refractivity contribution in [1.82, 2.24) is 19.5 Å². The summed E-state index contributed by atoms with van der Waals surface area (Å²) in [4.78, 5) is 12.0. The minimum absolute atomic E-state index is 0.877. The number of fused-ring (bicyclic) bond motifs is 2. The van der Waals surface area contributed by atoms with Crippen LogP contribution in [0.5, 0.6) is 0 Å². The third-order valence-electron chi connectivity index (χ3n) is 3.48. The van der Waals surface area contributed by atoms with E-state index in [4.69, 9.17) is 0 Å². The second kappa shape index (κ2) is 3.68. The van der Waals surface area contributed by atoms with Gasteiger partial charge in [0.25, 0.3) is 0 Å². The molecular weight excluding hydrogens is 236 g/mol. The van der Waals surface area contributed by atoms with Crippen LogP contribution in [0, 0.1) is 0 Å². The van der Waals surface area contributed by atoms with Crippen molar-refractivity contribution in [1.29, 1.82) is 0 Å². The van der Waals surface area contributed by atoms with Gasteiger partial charge in [-0.05, 0) is 18.2 Å². The van der Waals surface area contributed by atoms with E-state index in [0.717, 1.165) is 22.6 Å². The summed E-state index contributed by atoms with van der Waals surface area (Å²) >= 11 is 0. The molecule has 0 bridgehead atoms. The number of rotatable bonds is 1. The normalized spacial score (nSPS) is 11.4. The van der Waals surface area contributed by atoms with Crippen molar-refractivity contribution in [3.63, 3.8) is 0 Å². The average molecular weight is 248 g/mol. The van der Waals surface area contributed by atoms with Gasteiger partial charge in [0.2, 0.25) is 0 Å². The van der Waals surface area contributed by atoms with Gasteiger partial charge in [-0.2, -0.15) is 0 Å². The highest BCUT2D eigenvalue weighted by atomic mass is 15.0. The molecule has 4 heteroatoms. The molecule has 3 aromatic heterocycles. The van der Waals surface area contributed by atoms with Crippen molar-refractivity contribution in [2.45, 2.75) is 0 Å². The Balaban J connectivity index is 2.01. The van der Waals surface area contributed by atoms with Crippen LogP contribution in [-0.2, 0) is 7.05 Å². The molecule has 0 fully saturated rings. The lowest BCUT2D eigenvalue weighted by molar-refractivity contribution is 0.966. The fourth-order valence-electron chi connectivity index (χ4n) is 2.49. The summed E-state index contributed by atoms with van der Waals surface area (Å²) in [7, 11) is 2.06. The lowest BCUT2D eigenvalue weighted by Crippen LogP contribution is -1.92. The first-order valence-corrected chi connectivity index (χ1v) is 6.17. The standard InChI is InChI=1S/C15H12N4/c1-19-13-5-3-2-4-10(13)8-14(19)15-17-11-6-7-16-9-12(11)18-15/h2-9H,1H3,(H,17,18). The fraction of sp³-hybridized carbons (Fsp3) is 0.0667. The van der Waals surface area contributed by atoms with Gasteiger partial charge >= 0.3 is 0 Å². The lowest BCUT2D eigenvalue weighted by atomic mass is 10.2. The number of imidazole rings is 1. The molecular formula is C15H12N4. The second-order valence-corrected chi connectivity index (χ2v) is 4.63. The topological polar surface area (TPSA) is 46.5 Å². The minimum Gasteiger partial charge on any atom is -0.341 e. The Bertz CT molecular complexity index is 852. The zero-order valence-electron chi connectivity index (χ0n) is 10.5. The molecule has 0 saturated heterocycles. The first-order valence-electron chi connectivity index (χ1n) is 6.17. The monoisotopic (exact) mass is 248 g/mol.